The number of nitrogens with two attached hydrogens (primary N) is 3. The van der Waals surface area contributed by atoms with Gasteiger partial charge >= 0.3 is 0 Å². The monoisotopic (exact) mass is 534 g/mol. The van der Waals surface area contributed by atoms with Crippen LogP contribution in [0, 0.1) is 11.2 Å². The second-order valence-corrected chi connectivity index (χ2v) is 10.4. The summed E-state index contributed by atoms with van der Waals surface area (Å²) >= 11 is 0. The summed E-state index contributed by atoms with van der Waals surface area (Å²) in [7, 11) is 0. The lowest BCUT2D eigenvalue weighted by Crippen LogP contribution is -2.37. The Morgan fingerprint density at radius 1 is 0.974 bits per heavy atom. The average molecular weight is 535 g/mol. The lowest BCUT2D eigenvalue weighted by Gasteiger charge is -2.20. The van der Waals surface area contributed by atoms with Gasteiger partial charge in [0.15, 0.2) is 5.96 Å². The lowest BCUT2D eigenvalue weighted by atomic mass is 9.97. The first-order chi connectivity index (χ1) is 18.4. The smallest absolute Gasteiger partial charge is 0.255 e. The van der Waals surface area contributed by atoms with E-state index >= 15 is 0 Å². The van der Waals surface area contributed by atoms with Crippen LogP contribution in [0.25, 0.3) is 0 Å². The van der Waals surface area contributed by atoms with Crippen LogP contribution in [0.5, 0.6) is 5.75 Å². The van der Waals surface area contributed by atoms with Crippen molar-refractivity contribution in [3.63, 3.8) is 0 Å². The van der Waals surface area contributed by atoms with Crippen molar-refractivity contribution in [1.29, 1.82) is 0 Å². The van der Waals surface area contributed by atoms with Crippen molar-refractivity contribution < 1.29 is 18.7 Å². The van der Waals surface area contributed by atoms with E-state index in [1.165, 1.54) is 12.1 Å². The fraction of sp³-hybridized carbons (Fsp3) is 0.276. The number of hydrogen-bond acceptors (Lipinski definition) is 5. The molecule has 10 heteroatoms. The van der Waals surface area contributed by atoms with Crippen LogP contribution in [0.1, 0.15) is 42.3 Å². The van der Waals surface area contributed by atoms with E-state index in [0.29, 0.717) is 23.5 Å². The fourth-order valence-electron chi connectivity index (χ4n) is 3.53. The molecule has 3 aromatic carbocycles. The molecule has 0 aliphatic rings. The molecule has 0 spiro atoms. The Kier molecular flexibility index (Phi) is 9.62. The van der Waals surface area contributed by atoms with E-state index in [2.05, 4.69) is 15.6 Å². The molecule has 0 aliphatic carbocycles. The van der Waals surface area contributed by atoms with Crippen molar-refractivity contribution in [2.75, 3.05) is 11.9 Å². The molecule has 0 unspecified atom stereocenters. The van der Waals surface area contributed by atoms with Crippen LogP contribution in [0.2, 0.25) is 0 Å². The predicted octanol–water partition coefficient (Wildman–Crippen LogP) is 3.59. The summed E-state index contributed by atoms with van der Waals surface area (Å²) in [4.78, 5) is 29.7. The molecule has 0 fully saturated rings. The summed E-state index contributed by atoms with van der Waals surface area (Å²) < 4.78 is 19.2. The van der Waals surface area contributed by atoms with Gasteiger partial charge in [0.1, 0.15) is 18.2 Å². The first kappa shape index (κ1) is 29.1. The van der Waals surface area contributed by atoms with Gasteiger partial charge in [-0.3, -0.25) is 9.59 Å². The standard InChI is InChI=1S/C29H35FN6O3/c1-29(2,3)17-34-26(37)23-13-12-22(15-25(23)39-16-19-4-8-20(30)9-5-19)35-27(38)24(31)14-18-6-10-21(11-7-18)36-28(32)33/h4-13,15,24H,14,16-17,31H2,1-3H3,(H,34,37)(H,35,38)(H4,32,33,36)/t24-/m0/s1. The minimum atomic E-state index is -0.836. The minimum absolute atomic E-state index is 0.0439. The summed E-state index contributed by atoms with van der Waals surface area (Å²) in [6.07, 6.45) is 0.287. The molecule has 1 atom stereocenters. The van der Waals surface area contributed by atoms with E-state index in [1.54, 1.807) is 54.6 Å². The van der Waals surface area contributed by atoms with Crippen LogP contribution < -0.4 is 32.6 Å². The molecule has 39 heavy (non-hydrogen) atoms. The number of halogens is 1. The van der Waals surface area contributed by atoms with Gasteiger partial charge in [0.2, 0.25) is 5.91 Å². The van der Waals surface area contributed by atoms with E-state index in [4.69, 9.17) is 21.9 Å². The molecule has 3 aromatic rings. The Morgan fingerprint density at radius 3 is 2.23 bits per heavy atom. The van der Waals surface area contributed by atoms with Crippen molar-refractivity contribution in [2.24, 2.45) is 27.6 Å². The highest BCUT2D eigenvalue weighted by molar-refractivity contribution is 5.99. The van der Waals surface area contributed by atoms with Gasteiger partial charge in [-0.05, 0) is 59.4 Å². The van der Waals surface area contributed by atoms with Crippen molar-refractivity contribution in [3.05, 3.63) is 89.2 Å². The second-order valence-electron chi connectivity index (χ2n) is 10.4. The summed E-state index contributed by atoms with van der Waals surface area (Å²) in [6, 6.07) is 16.9. The molecule has 206 valence electrons. The van der Waals surface area contributed by atoms with Crippen molar-refractivity contribution in [2.45, 2.75) is 39.8 Å². The number of amides is 2. The molecule has 0 bridgehead atoms. The molecular weight excluding hydrogens is 499 g/mol. The van der Waals surface area contributed by atoms with Gasteiger partial charge < -0.3 is 32.6 Å². The Hall–Kier alpha value is -4.44. The minimum Gasteiger partial charge on any atom is -0.488 e. The Bertz CT molecular complexity index is 1310. The number of carbonyl (C=O) groups is 2. The number of rotatable bonds is 10. The van der Waals surface area contributed by atoms with Crippen LogP contribution in [0.15, 0.2) is 71.7 Å². The highest BCUT2D eigenvalue weighted by Crippen LogP contribution is 2.26. The topological polar surface area (TPSA) is 158 Å². The highest BCUT2D eigenvalue weighted by Gasteiger charge is 2.19. The van der Waals surface area contributed by atoms with Gasteiger partial charge in [-0.1, -0.05) is 45.0 Å². The summed E-state index contributed by atoms with van der Waals surface area (Å²) in [6.45, 7) is 6.61. The number of carbonyl (C=O) groups excluding carboxylic acids is 2. The predicted molar refractivity (Wildman–Crippen MR) is 151 cm³/mol. The number of nitrogens with zero attached hydrogens (tertiary/aromatic N) is 1. The molecule has 0 aromatic heterocycles. The van der Waals surface area contributed by atoms with Crippen LogP contribution >= 0.6 is 0 Å². The van der Waals surface area contributed by atoms with Gasteiger partial charge in [0.05, 0.1) is 17.3 Å². The SMILES string of the molecule is CC(C)(C)CNC(=O)c1ccc(NC(=O)[C@@H](N)Cc2ccc(N=C(N)N)cc2)cc1OCc1ccc(F)cc1. The molecule has 9 nitrogen and oxygen atoms in total. The van der Waals surface area contributed by atoms with E-state index in [0.717, 1.165) is 11.1 Å². The van der Waals surface area contributed by atoms with Gasteiger partial charge in [0.25, 0.3) is 5.91 Å². The maximum Gasteiger partial charge on any atom is 0.255 e. The number of nitrogens with one attached hydrogen (secondary N) is 2. The van der Waals surface area contributed by atoms with Crippen LogP contribution in [0.3, 0.4) is 0 Å². The maximum atomic E-state index is 13.3. The molecule has 0 saturated carbocycles. The molecule has 0 radical (unpaired) electrons. The normalized spacial score (nSPS) is 11.8. The number of hydrogen-bond donors (Lipinski definition) is 5. The molecule has 3 rings (SSSR count). The third-order valence-electron chi connectivity index (χ3n) is 5.57. The number of benzene rings is 3. The Labute approximate surface area is 227 Å². The number of guanidine groups is 1. The highest BCUT2D eigenvalue weighted by atomic mass is 19.1. The van der Waals surface area contributed by atoms with Gasteiger partial charge in [-0.25, -0.2) is 9.38 Å². The zero-order valence-electron chi connectivity index (χ0n) is 22.3. The Balaban J connectivity index is 1.73. The van der Waals surface area contributed by atoms with Gasteiger partial charge in [0, 0.05) is 18.3 Å². The fourth-order valence-corrected chi connectivity index (χ4v) is 3.53. The zero-order chi connectivity index (χ0) is 28.6. The second kappa shape index (κ2) is 12.9. The number of ether oxygens (including phenoxy) is 1. The summed E-state index contributed by atoms with van der Waals surface area (Å²) in [5.41, 5.74) is 19.7. The van der Waals surface area contributed by atoms with E-state index in [-0.39, 0.29) is 41.9 Å². The quantitative estimate of drug-likeness (QED) is 0.198. The summed E-state index contributed by atoms with van der Waals surface area (Å²) in [5.74, 6) is -0.841. The largest absolute Gasteiger partial charge is 0.488 e. The number of anilines is 1. The zero-order valence-corrected chi connectivity index (χ0v) is 22.3. The number of aliphatic imine (C=N–C) groups is 1. The molecule has 2 amide bonds. The third-order valence-corrected chi connectivity index (χ3v) is 5.57. The first-order valence-electron chi connectivity index (χ1n) is 12.4. The summed E-state index contributed by atoms with van der Waals surface area (Å²) in [5, 5.41) is 5.69. The molecule has 0 heterocycles. The molecular formula is C29H35FN6O3. The van der Waals surface area contributed by atoms with Crippen LogP contribution in [0.4, 0.5) is 15.8 Å². The van der Waals surface area contributed by atoms with E-state index < -0.39 is 11.9 Å². The van der Waals surface area contributed by atoms with Crippen molar-refractivity contribution in [3.8, 4) is 5.75 Å². The Morgan fingerprint density at radius 2 is 1.62 bits per heavy atom. The first-order valence-corrected chi connectivity index (χ1v) is 12.4. The van der Waals surface area contributed by atoms with Crippen molar-refractivity contribution in [1.82, 2.24) is 5.32 Å². The maximum absolute atomic E-state index is 13.3. The molecule has 0 saturated heterocycles. The lowest BCUT2D eigenvalue weighted by molar-refractivity contribution is -0.117. The van der Waals surface area contributed by atoms with Gasteiger partial charge in [-0.15, -0.1) is 0 Å². The van der Waals surface area contributed by atoms with E-state index in [1.807, 2.05) is 20.8 Å². The van der Waals surface area contributed by atoms with Gasteiger partial charge in [-0.2, -0.15) is 0 Å². The third kappa shape index (κ3) is 9.42. The molecule has 8 N–H and O–H groups in total. The van der Waals surface area contributed by atoms with Crippen molar-refractivity contribution >= 4 is 29.1 Å². The average Bonchev–Trinajstić information content (AvgIpc) is 2.87. The van der Waals surface area contributed by atoms with Crippen LogP contribution in [-0.2, 0) is 17.8 Å². The van der Waals surface area contributed by atoms with Crippen LogP contribution in [-0.4, -0.2) is 30.4 Å². The molecule has 0 aliphatic heterocycles. The van der Waals surface area contributed by atoms with E-state index in [9.17, 15) is 14.0 Å².